The second kappa shape index (κ2) is 9.82. The van der Waals surface area contributed by atoms with Crippen molar-refractivity contribution in [2.24, 2.45) is 0 Å². The van der Waals surface area contributed by atoms with E-state index in [4.69, 9.17) is 9.47 Å². The predicted molar refractivity (Wildman–Crippen MR) is 99.8 cm³/mol. The number of anilines is 1. The van der Waals surface area contributed by atoms with E-state index in [9.17, 15) is 18.8 Å². The van der Waals surface area contributed by atoms with Crippen molar-refractivity contribution in [1.82, 2.24) is 0 Å². The first-order valence-corrected chi connectivity index (χ1v) is 8.85. The molecule has 2 rings (SSSR count). The zero-order valence-electron chi connectivity index (χ0n) is 14.5. The molecule has 0 heterocycles. The van der Waals surface area contributed by atoms with Crippen LogP contribution in [0.4, 0.5) is 10.1 Å². The quantitative estimate of drug-likeness (QED) is 0.621. The van der Waals surface area contributed by atoms with E-state index in [0.717, 1.165) is 11.0 Å². The molecular formula is C19H17BrFNO5. The molecule has 0 atom stereocenters. The van der Waals surface area contributed by atoms with Crippen molar-refractivity contribution in [3.8, 4) is 0 Å². The standard InChI is InChI=1S/C19H17BrFNO5/c1-2-26-18(24)11-22(14-6-4-3-5-7-14)17(23)12-27-19(25)15-10-13(20)8-9-16(15)21/h3-10H,2,11-12H2,1H3. The largest absolute Gasteiger partial charge is 0.465 e. The number of hydrogen-bond donors (Lipinski definition) is 0. The second-order valence-corrected chi connectivity index (χ2v) is 6.24. The van der Waals surface area contributed by atoms with Crippen molar-refractivity contribution >= 4 is 39.5 Å². The summed E-state index contributed by atoms with van der Waals surface area (Å²) in [5.74, 6) is -2.98. The number of ether oxygens (including phenoxy) is 2. The number of hydrogen-bond acceptors (Lipinski definition) is 5. The summed E-state index contributed by atoms with van der Waals surface area (Å²) in [5, 5.41) is 0. The molecule has 1 amide bonds. The van der Waals surface area contributed by atoms with Crippen molar-refractivity contribution in [3.63, 3.8) is 0 Å². The molecule has 0 aliphatic carbocycles. The van der Waals surface area contributed by atoms with Gasteiger partial charge >= 0.3 is 11.9 Å². The molecule has 0 aromatic heterocycles. The minimum absolute atomic E-state index is 0.173. The molecule has 0 N–H and O–H groups in total. The van der Waals surface area contributed by atoms with E-state index in [1.54, 1.807) is 37.3 Å². The third-order valence-electron chi connectivity index (χ3n) is 3.44. The summed E-state index contributed by atoms with van der Waals surface area (Å²) in [4.78, 5) is 37.5. The molecule has 0 aliphatic rings. The van der Waals surface area contributed by atoms with Crippen LogP contribution in [0.5, 0.6) is 0 Å². The highest BCUT2D eigenvalue weighted by Gasteiger charge is 2.22. The number of para-hydroxylation sites is 1. The Labute approximate surface area is 164 Å². The summed E-state index contributed by atoms with van der Waals surface area (Å²) in [6, 6.07) is 12.2. The van der Waals surface area contributed by atoms with Crippen LogP contribution in [0.3, 0.4) is 0 Å². The van der Waals surface area contributed by atoms with Crippen LogP contribution in [-0.2, 0) is 19.1 Å². The van der Waals surface area contributed by atoms with Crippen molar-refractivity contribution in [1.29, 1.82) is 0 Å². The number of amides is 1. The lowest BCUT2D eigenvalue weighted by Crippen LogP contribution is -2.39. The van der Waals surface area contributed by atoms with Gasteiger partial charge in [0.2, 0.25) is 0 Å². The van der Waals surface area contributed by atoms with E-state index in [0.29, 0.717) is 10.2 Å². The second-order valence-electron chi connectivity index (χ2n) is 5.32. The first kappa shape index (κ1) is 20.6. The lowest BCUT2D eigenvalue weighted by atomic mass is 10.2. The van der Waals surface area contributed by atoms with Gasteiger partial charge < -0.3 is 9.47 Å². The third-order valence-corrected chi connectivity index (χ3v) is 3.93. The van der Waals surface area contributed by atoms with E-state index in [1.165, 1.54) is 12.1 Å². The molecule has 8 heteroatoms. The van der Waals surface area contributed by atoms with Gasteiger partial charge in [-0.3, -0.25) is 14.5 Å². The van der Waals surface area contributed by atoms with Gasteiger partial charge in [-0.2, -0.15) is 0 Å². The molecule has 142 valence electrons. The number of carbonyl (C=O) groups is 3. The van der Waals surface area contributed by atoms with Gasteiger partial charge in [-0.15, -0.1) is 0 Å². The van der Waals surface area contributed by atoms with Crippen LogP contribution in [0, 0.1) is 5.82 Å². The van der Waals surface area contributed by atoms with Gasteiger partial charge in [0.15, 0.2) is 6.61 Å². The van der Waals surface area contributed by atoms with Gasteiger partial charge in [0.05, 0.1) is 12.2 Å². The van der Waals surface area contributed by atoms with Crippen LogP contribution >= 0.6 is 15.9 Å². The summed E-state index contributed by atoms with van der Waals surface area (Å²) >= 11 is 3.14. The number of rotatable bonds is 7. The van der Waals surface area contributed by atoms with Crippen LogP contribution in [0.15, 0.2) is 53.0 Å². The van der Waals surface area contributed by atoms with Crippen LogP contribution in [-0.4, -0.2) is 37.6 Å². The zero-order valence-corrected chi connectivity index (χ0v) is 16.1. The molecule has 0 aliphatic heterocycles. The summed E-state index contributed by atoms with van der Waals surface area (Å²) in [6.07, 6.45) is 0. The molecule has 0 saturated carbocycles. The zero-order chi connectivity index (χ0) is 19.8. The maximum absolute atomic E-state index is 13.7. The van der Waals surface area contributed by atoms with Gasteiger partial charge in [-0.25, -0.2) is 9.18 Å². The van der Waals surface area contributed by atoms with Gasteiger partial charge in [0.1, 0.15) is 12.4 Å². The van der Waals surface area contributed by atoms with Crippen molar-refractivity contribution in [3.05, 3.63) is 64.4 Å². The molecule has 0 unspecified atom stereocenters. The topological polar surface area (TPSA) is 72.9 Å². The minimum atomic E-state index is -0.980. The summed E-state index contributed by atoms with van der Waals surface area (Å²) in [5.41, 5.74) is 0.147. The number of benzene rings is 2. The summed E-state index contributed by atoms with van der Waals surface area (Å²) in [7, 11) is 0. The van der Waals surface area contributed by atoms with E-state index in [-0.39, 0.29) is 18.7 Å². The number of halogens is 2. The number of esters is 2. The average molecular weight is 438 g/mol. The first-order valence-electron chi connectivity index (χ1n) is 8.05. The van der Waals surface area contributed by atoms with Gasteiger partial charge in [0, 0.05) is 10.2 Å². The fraction of sp³-hybridized carbons (Fsp3) is 0.211. The maximum Gasteiger partial charge on any atom is 0.341 e. The molecule has 2 aromatic carbocycles. The van der Waals surface area contributed by atoms with E-state index in [2.05, 4.69) is 15.9 Å². The van der Waals surface area contributed by atoms with Crippen LogP contribution < -0.4 is 4.90 Å². The molecule has 0 fully saturated rings. The highest BCUT2D eigenvalue weighted by molar-refractivity contribution is 9.10. The van der Waals surface area contributed by atoms with Gasteiger partial charge in [-0.1, -0.05) is 34.1 Å². The Hall–Kier alpha value is -2.74. The Morgan fingerprint density at radius 2 is 1.78 bits per heavy atom. The lowest BCUT2D eigenvalue weighted by Gasteiger charge is -2.21. The number of nitrogens with zero attached hydrogens (tertiary/aromatic N) is 1. The van der Waals surface area contributed by atoms with Gasteiger partial charge in [-0.05, 0) is 37.3 Å². The number of carbonyl (C=O) groups excluding carboxylic acids is 3. The molecule has 27 heavy (non-hydrogen) atoms. The highest BCUT2D eigenvalue weighted by Crippen LogP contribution is 2.17. The fourth-order valence-corrected chi connectivity index (χ4v) is 2.57. The Balaban J connectivity index is 2.10. The normalized spacial score (nSPS) is 10.2. The molecule has 0 spiro atoms. The van der Waals surface area contributed by atoms with E-state index >= 15 is 0 Å². The van der Waals surface area contributed by atoms with E-state index < -0.39 is 30.3 Å². The van der Waals surface area contributed by atoms with Crippen molar-refractivity contribution in [2.45, 2.75) is 6.92 Å². The average Bonchev–Trinajstić information content (AvgIpc) is 2.66. The van der Waals surface area contributed by atoms with Crippen molar-refractivity contribution in [2.75, 3.05) is 24.7 Å². The molecule has 0 radical (unpaired) electrons. The van der Waals surface area contributed by atoms with Gasteiger partial charge in [0.25, 0.3) is 5.91 Å². The van der Waals surface area contributed by atoms with E-state index in [1.807, 2.05) is 0 Å². The predicted octanol–water partition coefficient (Wildman–Crippen LogP) is 3.34. The van der Waals surface area contributed by atoms with Crippen LogP contribution in [0.25, 0.3) is 0 Å². The Morgan fingerprint density at radius 3 is 2.44 bits per heavy atom. The monoisotopic (exact) mass is 437 g/mol. The van der Waals surface area contributed by atoms with Crippen LogP contribution in [0.1, 0.15) is 17.3 Å². The molecule has 0 saturated heterocycles. The Bertz CT molecular complexity index is 828. The third kappa shape index (κ3) is 5.89. The smallest absolute Gasteiger partial charge is 0.341 e. The minimum Gasteiger partial charge on any atom is -0.465 e. The molecule has 6 nitrogen and oxygen atoms in total. The fourth-order valence-electron chi connectivity index (χ4n) is 2.20. The molecule has 0 bridgehead atoms. The van der Waals surface area contributed by atoms with Crippen LogP contribution in [0.2, 0.25) is 0 Å². The lowest BCUT2D eigenvalue weighted by molar-refractivity contribution is -0.142. The summed E-state index contributed by atoms with van der Waals surface area (Å²) < 4.78 is 24.0. The Morgan fingerprint density at radius 1 is 1.07 bits per heavy atom. The van der Waals surface area contributed by atoms with Crippen molar-refractivity contribution < 1.29 is 28.2 Å². The Kier molecular flexibility index (Phi) is 7.48. The first-order chi connectivity index (χ1) is 12.9. The highest BCUT2D eigenvalue weighted by atomic mass is 79.9. The summed E-state index contributed by atoms with van der Waals surface area (Å²) in [6.45, 7) is 0.840. The molecule has 2 aromatic rings. The maximum atomic E-state index is 13.7. The molecular weight excluding hydrogens is 421 g/mol. The SMILES string of the molecule is CCOC(=O)CN(C(=O)COC(=O)c1cc(Br)ccc1F)c1ccccc1.